The van der Waals surface area contributed by atoms with Crippen LogP contribution in [0.25, 0.3) is 0 Å². The van der Waals surface area contributed by atoms with Gasteiger partial charge in [0.2, 0.25) is 10.0 Å². The number of anilines is 1. The molecular formula is C20H30N3O3S+. The van der Waals surface area contributed by atoms with Gasteiger partial charge >= 0.3 is 0 Å². The van der Waals surface area contributed by atoms with Crippen molar-refractivity contribution in [1.29, 1.82) is 0 Å². The molecule has 0 unspecified atom stereocenters. The fourth-order valence-corrected chi connectivity index (χ4v) is 6.57. The van der Waals surface area contributed by atoms with Crippen molar-refractivity contribution in [2.45, 2.75) is 56.4 Å². The van der Waals surface area contributed by atoms with Gasteiger partial charge in [-0.2, -0.15) is 0 Å². The maximum Gasteiger partial charge on any atom is 0.282 e. The Kier molecular flexibility index (Phi) is 4.81. The molecule has 4 saturated carbocycles. The summed E-state index contributed by atoms with van der Waals surface area (Å²) < 4.78 is 22.6. The Labute approximate surface area is 161 Å². The van der Waals surface area contributed by atoms with Crippen molar-refractivity contribution in [2.75, 3.05) is 11.9 Å². The number of nitrogens with one attached hydrogen (secondary N) is 1. The molecule has 6 nitrogen and oxygen atoms in total. The number of hydrogen-bond donors (Lipinski definition) is 3. The molecule has 1 atom stereocenters. The molecule has 5 N–H and O–H groups in total. The molecule has 5 rings (SSSR count). The van der Waals surface area contributed by atoms with Gasteiger partial charge in [0.15, 0.2) is 6.04 Å². The number of primary sulfonamides is 1. The van der Waals surface area contributed by atoms with Gasteiger partial charge in [0.05, 0.1) is 11.4 Å². The quantitative estimate of drug-likeness (QED) is 0.682. The molecule has 1 aromatic rings. The molecule has 4 fully saturated rings. The summed E-state index contributed by atoms with van der Waals surface area (Å²) in [5.74, 6) is 2.71. The highest BCUT2D eigenvalue weighted by Crippen LogP contribution is 2.59. The van der Waals surface area contributed by atoms with Crippen LogP contribution < -0.4 is 15.8 Å². The molecule has 4 aliphatic rings. The standard InChI is InChI=1S/C20H29N3O3S/c1-13(19(24)23-17-2-4-18(5-3-17)27(21,25)26)22-12-20-9-14-6-15(10-20)8-16(7-14)11-20/h2-5,13-16,22H,6-12H2,1H3,(H,23,24)(H2,21,25,26)/p+1/t13-,14?,15?,16?,20?/m1/s1. The molecular weight excluding hydrogens is 362 g/mol. The molecule has 0 aliphatic heterocycles. The van der Waals surface area contributed by atoms with Crippen LogP contribution in [0.2, 0.25) is 0 Å². The Morgan fingerprint density at radius 3 is 2.15 bits per heavy atom. The van der Waals surface area contributed by atoms with Crippen LogP contribution in [0.1, 0.15) is 45.4 Å². The van der Waals surface area contributed by atoms with Gasteiger partial charge in [-0.1, -0.05) is 0 Å². The Hall–Kier alpha value is -1.44. The number of carbonyl (C=O) groups excluding carboxylic acids is 1. The van der Waals surface area contributed by atoms with E-state index in [1.807, 2.05) is 6.92 Å². The fourth-order valence-electron chi connectivity index (χ4n) is 6.06. The summed E-state index contributed by atoms with van der Waals surface area (Å²) in [7, 11) is -3.71. The number of rotatable bonds is 6. The first-order valence-corrected chi connectivity index (χ1v) is 11.5. The van der Waals surface area contributed by atoms with Crippen molar-refractivity contribution in [2.24, 2.45) is 28.3 Å². The predicted octanol–water partition coefficient (Wildman–Crippen LogP) is 1.44. The van der Waals surface area contributed by atoms with E-state index >= 15 is 0 Å². The van der Waals surface area contributed by atoms with E-state index < -0.39 is 10.0 Å². The highest BCUT2D eigenvalue weighted by Gasteiger charge is 2.51. The van der Waals surface area contributed by atoms with Crippen molar-refractivity contribution in [3.8, 4) is 0 Å². The second-order valence-electron chi connectivity index (χ2n) is 9.20. The maximum atomic E-state index is 12.5. The number of amides is 1. The zero-order chi connectivity index (χ0) is 19.2. The summed E-state index contributed by atoms with van der Waals surface area (Å²) >= 11 is 0. The first-order valence-electron chi connectivity index (χ1n) is 9.99. The third-order valence-electron chi connectivity index (χ3n) is 6.93. The van der Waals surface area contributed by atoms with E-state index in [0.717, 1.165) is 24.3 Å². The van der Waals surface area contributed by atoms with Crippen LogP contribution in [-0.2, 0) is 14.8 Å². The lowest BCUT2D eigenvalue weighted by molar-refractivity contribution is -0.686. The first kappa shape index (κ1) is 18.9. The van der Waals surface area contributed by atoms with E-state index in [0.29, 0.717) is 11.1 Å². The Balaban J connectivity index is 1.32. The molecule has 0 saturated heterocycles. The smallest absolute Gasteiger partial charge is 0.282 e. The van der Waals surface area contributed by atoms with Gasteiger partial charge < -0.3 is 10.6 Å². The van der Waals surface area contributed by atoms with E-state index in [4.69, 9.17) is 5.14 Å². The summed E-state index contributed by atoms with van der Waals surface area (Å²) in [6.07, 6.45) is 8.34. The Bertz CT molecular complexity index is 784. The number of nitrogens with two attached hydrogens (primary N) is 2. The number of quaternary nitrogens is 1. The van der Waals surface area contributed by atoms with E-state index in [2.05, 4.69) is 10.6 Å². The van der Waals surface area contributed by atoms with Crippen molar-refractivity contribution >= 4 is 21.6 Å². The van der Waals surface area contributed by atoms with Crippen molar-refractivity contribution in [3.05, 3.63) is 24.3 Å². The van der Waals surface area contributed by atoms with E-state index in [-0.39, 0.29) is 16.8 Å². The molecule has 0 radical (unpaired) electrons. The third kappa shape index (κ3) is 4.05. The number of carbonyl (C=O) groups is 1. The minimum Gasteiger partial charge on any atom is -0.336 e. The van der Waals surface area contributed by atoms with Gasteiger partial charge in [0, 0.05) is 11.1 Å². The molecule has 27 heavy (non-hydrogen) atoms. The number of sulfonamides is 1. The molecule has 7 heteroatoms. The molecule has 4 aliphatic carbocycles. The number of benzene rings is 1. The van der Waals surface area contributed by atoms with Crippen LogP contribution in [0, 0.1) is 23.2 Å². The SMILES string of the molecule is C[C@@H]([NH2+]CC12CC3CC(CC(C3)C1)C2)C(=O)Nc1ccc(S(N)(=O)=O)cc1. The molecule has 4 bridgehead atoms. The van der Waals surface area contributed by atoms with Crippen LogP contribution >= 0.6 is 0 Å². The average molecular weight is 393 g/mol. The maximum absolute atomic E-state index is 12.5. The molecule has 0 heterocycles. The van der Waals surface area contributed by atoms with Crippen LogP contribution in [-0.4, -0.2) is 26.9 Å². The Morgan fingerprint density at radius 1 is 1.15 bits per heavy atom. The van der Waals surface area contributed by atoms with Crippen LogP contribution in [0.15, 0.2) is 29.2 Å². The lowest BCUT2D eigenvalue weighted by Crippen LogP contribution is -2.94. The van der Waals surface area contributed by atoms with Crippen LogP contribution in [0.5, 0.6) is 0 Å². The lowest BCUT2D eigenvalue weighted by Gasteiger charge is -2.56. The largest absolute Gasteiger partial charge is 0.336 e. The highest BCUT2D eigenvalue weighted by atomic mass is 32.2. The topological polar surface area (TPSA) is 106 Å². The highest BCUT2D eigenvalue weighted by molar-refractivity contribution is 7.89. The van der Waals surface area contributed by atoms with E-state index in [1.165, 1.54) is 50.7 Å². The molecule has 0 spiro atoms. The first-order chi connectivity index (χ1) is 12.7. The summed E-state index contributed by atoms with van der Waals surface area (Å²) in [5.41, 5.74) is 1.03. The average Bonchev–Trinajstić information content (AvgIpc) is 2.58. The Morgan fingerprint density at radius 2 is 1.67 bits per heavy atom. The van der Waals surface area contributed by atoms with Gasteiger partial charge in [0.1, 0.15) is 0 Å². The second-order valence-corrected chi connectivity index (χ2v) is 10.8. The molecule has 0 aromatic heterocycles. The van der Waals surface area contributed by atoms with E-state index in [1.54, 1.807) is 12.1 Å². The summed E-state index contributed by atoms with van der Waals surface area (Å²) in [6.45, 7) is 2.98. The normalized spacial score (nSPS) is 33.0. The van der Waals surface area contributed by atoms with Crippen molar-refractivity contribution < 1.29 is 18.5 Å². The van der Waals surface area contributed by atoms with Crippen LogP contribution in [0.3, 0.4) is 0 Å². The van der Waals surface area contributed by atoms with Gasteiger partial charge in [-0.15, -0.1) is 0 Å². The summed E-state index contributed by atoms with van der Waals surface area (Å²) in [5, 5.41) is 10.2. The van der Waals surface area contributed by atoms with E-state index in [9.17, 15) is 13.2 Å². The van der Waals surface area contributed by atoms with Gasteiger partial charge in [0.25, 0.3) is 5.91 Å². The molecule has 1 amide bonds. The summed E-state index contributed by atoms with van der Waals surface area (Å²) in [6, 6.07) is 5.80. The third-order valence-corrected chi connectivity index (χ3v) is 7.86. The fraction of sp³-hybridized carbons (Fsp3) is 0.650. The monoisotopic (exact) mass is 392 g/mol. The van der Waals surface area contributed by atoms with Crippen molar-refractivity contribution in [3.63, 3.8) is 0 Å². The molecule has 1 aromatic carbocycles. The number of hydrogen-bond acceptors (Lipinski definition) is 3. The van der Waals surface area contributed by atoms with Gasteiger partial charge in [-0.05, 0) is 87.5 Å². The molecule has 148 valence electrons. The van der Waals surface area contributed by atoms with Gasteiger partial charge in [-0.25, -0.2) is 13.6 Å². The van der Waals surface area contributed by atoms with Crippen molar-refractivity contribution in [1.82, 2.24) is 0 Å². The zero-order valence-corrected chi connectivity index (χ0v) is 16.7. The second kappa shape index (κ2) is 6.87. The predicted molar refractivity (Wildman–Crippen MR) is 103 cm³/mol. The lowest BCUT2D eigenvalue weighted by atomic mass is 9.49. The minimum atomic E-state index is -3.71. The minimum absolute atomic E-state index is 0.0435. The van der Waals surface area contributed by atoms with Gasteiger partial charge in [-0.3, -0.25) is 4.79 Å². The van der Waals surface area contributed by atoms with Crippen LogP contribution in [0.4, 0.5) is 5.69 Å². The zero-order valence-electron chi connectivity index (χ0n) is 15.9. The summed E-state index contributed by atoms with van der Waals surface area (Å²) in [4.78, 5) is 12.6.